The Balaban J connectivity index is 1.72. The summed E-state index contributed by atoms with van der Waals surface area (Å²) in [6, 6.07) is 7.37. The summed E-state index contributed by atoms with van der Waals surface area (Å²) in [4.78, 5) is 26.0. The molecule has 1 aromatic rings. The van der Waals surface area contributed by atoms with Gasteiger partial charge in [0, 0.05) is 31.4 Å². The molecule has 0 unspecified atom stereocenters. The Labute approximate surface area is 159 Å². The van der Waals surface area contributed by atoms with Gasteiger partial charge in [0.25, 0.3) is 5.91 Å². The molecule has 144 valence electrons. The fourth-order valence-electron chi connectivity index (χ4n) is 2.91. The lowest BCUT2D eigenvalue weighted by atomic mass is 10.0. The van der Waals surface area contributed by atoms with Gasteiger partial charge in [-0.3, -0.25) is 9.59 Å². The Bertz CT molecular complexity index is 589. The lowest BCUT2D eigenvalue weighted by Gasteiger charge is -2.32. The number of amides is 2. The van der Waals surface area contributed by atoms with Crippen molar-refractivity contribution >= 4 is 23.4 Å². The highest BCUT2D eigenvalue weighted by molar-refractivity contribution is 6.17. The van der Waals surface area contributed by atoms with Crippen LogP contribution >= 0.6 is 11.6 Å². The molecule has 1 fully saturated rings. The van der Waals surface area contributed by atoms with Crippen molar-refractivity contribution in [3.8, 4) is 11.5 Å². The number of hydrogen-bond acceptors (Lipinski definition) is 4. The first kappa shape index (κ1) is 20.4. The molecule has 7 heteroatoms. The summed E-state index contributed by atoms with van der Waals surface area (Å²) in [7, 11) is 0. The van der Waals surface area contributed by atoms with Gasteiger partial charge in [-0.15, -0.1) is 11.6 Å². The van der Waals surface area contributed by atoms with Crippen molar-refractivity contribution in [1.29, 1.82) is 0 Å². The molecule has 2 rings (SSSR count). The predicted octanol–water partition coefficient (Wildman–Crippen LogP) is 2.59. The number of piperidine rings is 1. The standard InChI is InChI=1S/C19H27ClN2O4/c1-2-25-16-6-3-4-7-17(16)26-14-18(23)21-15-9-12-22(13-10-15)19(24)8-5-11-20/h3-4,6-7,15H,2,5,8-14H2,1H3,(H,21,23). The average molecular weight is 383 g/mol. The van der Waals surface area contributed by atoms with Crippen LogP contribution in [0.2, 0.25) is 0 Å². The lowest BCUT2D eigenvalue weighted by Crippen LogP contribution is -2.47. The van der Waals surface area contributed by atoms with Gasteiger partial charge in [0.2, 0.25) is 5.91 Å². The predicted molar refractivity (Wildman–Crippen MR) is 101 cm³/mol. The van der Waals surface area contributed by atoms with Gasteiger partial charge in [0.05, 0.1) is 6.61 Å². The molecule has 1 saturated heterocycles. The molecule has 6 nitrogen and oxygen atoms in total. The van der Waals surface area contributed by atoms with E-state index in [1.165, 1.54) is 0 Å². The van der Waals surface area contributed by atoms with E-state index in [2.05, 4.69) is 5.32 Å². The number of hydrogen-bond donors (Lipinski definition) is 1. The Morgan fingerprint density at radius 2 is 1.85 bits per heavy atom. The van der Waals surface area contributed by atoms with Crippen molar-refractivity contribution in [2.24, 2.45) is 0 Å². The molecule has 0 aromatic heterocycles. The molecule has 0 atom stereocenters. The molecular formula is C19H27ClN2O4. The maximum atomic E-state index is 12.1. The third kappa shape index (κ3) is 6.41. The first-order chi connectivity index (χ1) is 12.6. The van der Waals surface area contributed by atoms with Gasteiger partial charge in [0.1, 0.15) is 0 Å². The van der Waals surface area contributed by atoms with Gasteiger partial charge < -0.3 is 19.7 Å². The zero-order valence-electron chi connectivity index (χ0n) is 15.2. The third-order valence-electron chi connectivity index (χ3n) is 4.24. The van der Waals surface area contributed by atoms with Gasteiger partial charge in [0.15, 0.2) is 18.1 Å². The molecule has 26 heavy (non-hydrogen) atoms. The molecule has 1 aromatic carbocycles. The normalized spacial score (nSPS) is 14.8. The molecular weight excluding hydrogens is 356 g/mol. The Morgan fingerprint density at radius 3 is 2.46 bits per heavy atom. The number of nitrogens with one attached hydrogen (secondary N) is 1. The highest BCUT2D eigenvalue weighted by atomic mass is 35.5. The van der Waals surface area contributed by atoms with Gasteiger partial charge in [-0.2, -0.15) is 0 Å². The molecule has 0 bridgehead atoms. The molecule has 0 spiro atoms. The number of nitrogens with zero attached hydrogens (tertiary/aromatic N) is 1. The minimum absolute atomic E-state index is 0.0566. The van der Waals surface area contributed by atoms with Crippen molar-refractivity contribution in [3.63, 3.8) is 0 Å². The number of para-hydroxylation sites is 2. The number of likely N-dealkylation sites (tertiary alicyclic amines) is 1. The van der Waals surface area contributed by atoms with E-state index in [0.717, 1.165) is 12.8 Å². The van der Waals surface area contributed by atoms with E-state index >= 15 is 0 Å². The second kappa shape index (κ2) is 10.9. The second-order valence-corrected chi connectivity index (χ2v) is 6.56. The van der Waals surface area contributed by atoms with Gasteiger partial charge in [-0.25, -0.2) is 0 Å². The van der Waals surface area contributed by atoms with E-state index in [9.17, 15) is 9.59 Å². The van der Waals surface area contributed by atoms with Crippen LogP contribution < -0.4 is 14.8 Å². The van der Waals surface area contributed by atoms with Gasteiger partial charge in [-0.1, -0.05) is 12.1 Å². The number of halogens is 1. The molecule has 0 aliphatic carbocycles. The SMILES string of the molecule is CCOc1ccccc1OCC(=O)NC1CCN(C(=O)CCCCl)CC1. The third-order valence-corrected chi connectivity index (χ3v) is 4.51. The van der Waals surface area contributed by atoms with E-state index in [1.54, 1.807) is 6.07 Å². The smallest absolute Gasteiger partial charge is 0.258 e. The van der Waals surface area contributed by atoms with Crippen molar-refractivity contribution < 1.29 is 19.1 Å². The Kier molecular flexibility index (Phi) is 8.54. The summed E-state index contributed by atoms with van der Waals surface area (Å²) in [6.07, 6.45) is 2.72. The molecule has 1 aliphatic rings. The van der Waals surface area contributed by atoms with Crippen LogP contribution in [0.25, 0.3) is 0 Å². The van der Waals surface area contributed by atoms with Crippen molar-refractivity contribution in [1.82, 2.24) is 10.2 Å². The summed E-state index contributed by atoms with van der Waals surface area (Å²) < 4.78 is 11.1. The Morgan fingerprint density at radius 1 is 1.19 bits per heavy atom. The first-order valence-corrected chi connectivity index (χ1v) is 9.65. The molecule has 1 aliphatic heterocycles. The van der Waals surface area contributed by atoms with Crippen LogP contribution in [-0.4, -0.2) is 54.9 Å². The number of alkyl halides is 1. The van der Waals surface area contributed by atoms with Gasteiger partial charge >= 0.3 is 0 Å². The number of carbonyl (C=O) groups excluding carboxylic acids is 2. The zero-order chi connectivity index (χ0) is 18.8. The largest absolute Gasteiger partial charge is 0.490 e. The molecule has 2 amide bonds. The van der Waals surface area contributed by atoms with Crippen LogP contribution in [0.1, 0.15) is 32.6 Å². The topological polar surface area (TPSA) is 67.9 Å². The zero-order valence-corrected chi connectivity index (χ0v) is 16.0. The van der Waals surface area contributed by atoms with E-state index in [4.69, 9.17) is 21.1 Å². The van der Waals surface area contributed by atoms with Crippen LogP contribution in [0.15, 0.2) is 24.3 Å². The Hall–Kier alpha value is -1.95. The number of rotatable bonds is 9. The first-order valence-electron chi connectivity index (χ1n) is 9.11. The van der Waals surface area contributed by atoms with Crippen LogP contribution in [0.4, 0.5) is 0 Å². The molecule has 0 saturated carbocycles. The highest BCUT2D eigenvalue weighted by Gasteiger charge is 2.23. The van der Waals surface area contributed by atoms with Crippen molar-refractivity contribution in [3.05, 3.63) is 24.3 Å². The quantitative estimate of drug-likeness (QED) is 0.666. The highest BCUT2D eigenvalue weighted by Crippen LogP contribution is 2.26. The van der Waals surface area contributed by atoms with Crippen LogP contribution in [-0.2, 0) is 9.59 Å². The van der Waals surface area contributed by atoms with E-state index in [1.807, 2.05) is 30.0 Å². The van der Waals surface area contributed by atoms with E-state index in [0.29, 0.717) is 49.9 Å². The maximum Gasteiger partial charge on any atom is 0.258 e. The van der Waals surface area contributed by atoms with Crippen molar-refractivity contribution in [2.75, 3.05) is 32.2 Å². The molecule has 1 heterocycles. The van der Waals surface area contributed by atoms with Crippen LogP contribution in [0.5, 0.6) is 11.5 Å². The van der Waals surface area contributed by atoms with Crippen LogP contribution in [0, 0.1) is 0 Å². The lowest BCUT2D eigenvalue weighted by molar-refractivity contribution is -0.132. The minimum atomic E-state index is -0.164. The summed E-state index contributed by atoms with van der Waals surface area (Å²) in [5, 5.41) is 2.98. The molecule has 1 N–H and O–H groups in total. The number of benzene rings is 1. The fourth-order valence-corrected chi connectivity index (χ4v) is 3.04. The van der Waals surface area contributed by atoms with Crippen molar-refractivity contribution in [2.45, 2.75) is 38.6 Å². The summed E-state index contributed by atoms with van der Waals surface area (Å²) in [5.74, 6) is 1.68. The fraction of sp³-hybridized carbons (Fsp3) is 0.579. The number of carbonyl (C=O) groups is 2. The summed E-state index contributed by atoms with van der Waals surface area (Å²) >= 11 is 5.63. The minimum Gasteiger partial charge on any atom is -0.490 e. The van der Waals surface area contributed by atoms with E-state index < -0.39 is 0 Å². The second-order valence-electron chi connectivity index (χ2n) is 6.18. The van der Waals surface area contributed by atoms with E-state index in [-0.39, 0.29) is 24.5 Å². The average Bonchev–Trinajstić information content (AvgIpc) is 2.66. The maximum absolute atomic E-state index is 12.1. The summed E-state index contributed by atoms with van der Waals surface area (Å²) in [6.45, 7) is 3.71. The van der Waals surface area contributed by atoms with Crippen LogP contribution in [0.3, 0.4) is 0 Å². The molecule has 0 radical (unpaired) electrons. The number of ether oxygens (including phenoxy) is 2. The monoisotopic (exact) mass is 382 g/mol. The van der Waals surface area contributed by atoms with Gasteiger partial charge in [-0.05, 0) is 38.3 Å². The summed E-state index contributed by atoms with van der Waals surface area (Å²) in [5.41, 5.74) is 0.